The summed E-state index contributed by atoms with van der Waals surface area (Å²) in [6.07, 6.45) is 2.46. The van der Waals surface area contributed by atoms with Crippen LogP contribution in [0.5, 0.6) is 0 Å². The fourth-order valence-electron chi connectivity index (χ4n) is 1.57. The van der Waals surface area contributed by atoms with Crippen LogP contribution >= 0.6 is 11.6 Å². The van der Waals surface area contributed by atoms with Gasteiger partial charge in [0, 0.05) is 19.3 Å². The van der Waals surface area contributed by atoms with Gasteiger partial charge < -0.3 is 10.6 Å². The Balaban J connectivity index is 2.60. The minimum atomic E-state index is -3.01. The number of pyridine rings is 1. The third-order valence-corrected chi connectivity index (χ3v) is 3.93. The number of hydrogen-bond donors (Lipinski definition) is 2. The van der Waals surface area contributed by atoms with E-state index in [1.807, 2.05) is 6.92 Å². The Bertz CT molecular complexity index is 590. The first-order chi connectivity index (χ1) is 9.83. The van der Waals surface area contributed by atoms with Crippen LogP contribution in [0.1, 0.15) is 30.3 Å². The van der Waals surface area contributed by atoms with E-state index in [9.17, 15) is 13.2 Å². The van der Waals surface area contributed by atoms with E-state index in [2.05, 4.69) is 15.6 Å². The van der Waals surface area contributed by atoms with Crippen molar-refractivity contribution >= 4 is 33.2 Å². The minimum absolute atomic E-state index is 0.0343. The fourth-order valence-corrected chi connectivity index (χ4v) is 2.43. The summed E-state index contributed by atoms with van der Waals surface area (Å²) in [5.41, 5.74) is 0.136. The van der Waals surface area contributed by atoms with Gasteiger partial charge in [0.1, 0.15) is 21.3 Å². The van der Waals surface area contributed by atoms with E-state index in [-0.39, 0.29) is 23.0 Å². The number of hydrogen-bond acceptors (Lipinski definition) is 5. The van der Waals surface area contributed by atoms with Crippen molar-refractivity contribution in [2.75, 3.05) is 30.4 Å². The van der Waals surface area contributed by atoms with Crippen molar-refractivity contribution in [1.82, 2.24) is 10.3 Å². The lowest BCUT2D eigenvalue weighted by Gasteiger charge is -2.09. The van der Waals surface area contributed by atoms with Gasteiger partial charge in [-0.25, -0.2) is 13.4 Å². The molecule has 1 rings (SSSR count). The molecule has 0 fully saturated rings. The number of amides is 1. The van der Waals surface area contributed by atoms with Crippen LogP contribution in [-0.4, -0.2) is 44.4 Å². The standard InChI is InChI=1S/C13H20ClN3O3S/c1-3-7-15-11-6-5-10(14)12(17-11)13(18)16-8-4-9-21(2,19)20/h5-6H,3-4,7-9H2,1-2H3,(H,15,17)(H,16,18). The molecule has 1 aromatic rings. The van der Waals surface area contributed by atoms with Gasteiger partial charge in [0.15, 0.2) is 0 Å². The maximum atomic E-state index is 12.0. The Kier molecular flexibility index (Phi) is 6.91. The van der Waals surface area contributed by atoms with Crippen LogP contribution in [0.3, 0.4) is 0 Å². The van der Waals surface area contributed by atoms with Gasteiger partial charge in [-0.15, -0.1) is 0 Å². The molecule has 2 N–H and O–H groups in total. The van der Waals surface area contributed by atoms with Crippen molar-refractivity contribution in [2.45, 2.75) is 19.8 Å². The Morgan fingerprint density at radius 1 is 1.33 bits per heavy atom. The van der Waals surface area contributed by atoms with Crippen molar-refractivity contribution in [2.24, 2.45) is 0 Å². The molecule has 8 heteroatoms. The highest BCUT2D eigenvalue weighted by molar-refractivity contribution is 7.90. The van der Waals surface area contributed by atoms with E-state index in [0.717, 1.165) is 19.2 Å². The normalized spacial score (nSPS) is 11.2. The van der Waals surface area contributed by atoms with Gasteiger partial charge in [-0.1, -0.05) is 18.5 Å². The molecule has 0 unspecified atom stereocenters. The maximum Gasteiger partial charge on any atom is 0.271 e. The number of rotatable bonds is 8. The molecule has 118 valence electrons. The fraction of sp³-hybridized carbons (Fsp3) is 0.538. The molecule has 1 aromatic heterocycles. The highest BCUT2D eigenvalue weighted by Gasteiger charge is 2.13. The van der Waals surface area contributed by atoms with Gasteiger partial charge in [0.2, 0.25) is 0 Å². The molecular weight excluding hydrogens is 314 g/mol. The van der Waals surface area contributed by atoms with Crippen LogP contribution < -0.4 is 10.6 Å². The summed E-state index contributed by atoms with van der Waals surface area (Å²) in [5, 5.41) is 5.95. The lowest BCUT2D eigenvalue weighted by molar-refractivity contribution is 0.0949. The first kappa shape index (κ1) is 17.7. The molecule has 21 heavy (non-hydrogen) atoms. The Hall–Kier alpha value is -1.34. The minimum Gasteiger partial charge on any atom is -0.370 e. The summed E-state index contributed by atoms with van der Waals surface area (Å²) < 4.78 is 22.0. The monoisotopic (exact) mass is 333 g/mol. The van der Waals surface area contributed by atoms with Gasteiger partial charge in [-0.2, -0.15) is 0 Å². The van der Waals surface area contributed by atoms with Gasteiger partial charge in [0.25, 0.3) is 5.91 Å². The van der Waals surface area contributed by atoms with Crippen molar-refractivity contribution < 1.29 is 13.2 Å². The zero-order valence-electron chi connectivity index (χ0n) is 12.1. The van der Waals surface area contributed by atoms with E-state index in [1.54, 1.807) is 12.1 Å². The topological polar surface area (TPSA) is 88.2 Å². The molecule has 1 heterocycles. The summed E-state index contributed by atoms with van der Waals surface area (Å²) in [6, 6.07) is 3.32. The van der Waals surface area contributed by atoms with Crippen molar-refractivity contribution in [3.63, 3.8) is 0 Å². The molecule has 0 bridgehead atoms. The second-order valence-corrected chi connectivity index (χ2v) is 7.36. The first-order valence-electron chi connectivity index (χ1n) is 6.70. The molecule has 0 atom stereocenters. The molecule has 0 spiro atoms. The van der Waals surface area contributed by atoms with Gasteiger partial charge in [-0.3, -0.25) is 4.79 Å². The van der Waals surface area contributed by atoms with E-state index < -0.39 is 15.7 Å². The SMILES string of the molecule is CCCNc1ccc(Cl)c(C(=O)NCCCS(C)(=O)=O)n1. The summed E-state index contributed by atoms with van der Waals surface area (Å²) in [7, 11) is -3.01. The van der Waals surface area contributed by atoms with Crippen LogP contribution in [-0.2, 0) is 9.84 Å². The highest BCUT2D eigenvalue weighted by atomic mass is 35.5. The Morgan fingerprint density at radius 2 is 2.05 bits per heavy atom. The van der Waals surface area contributed by atoms with E-state index in [4.69, 9.17) is 11.6 Å². The van der Waals surface area contributed by atoms with E-state index in [0.29, 0.717) is 12.2 Å². The molecular formula is C13H20ClN3O3S. The molecule has 1 amide bonds. The van der Waals surface area contributed by atoms with Crippen LogP contribution in [0.25, 0.3) is 0 Å². The number of aromatic nitrogens is 1. The van der Waals surface area contributed by atoms with Crippen LogP contribution in [0.15, 0.2) is 12.1 Å². The van der Waals surface area contributed by atoms with Crippen molar-refractivity contribution in [1.29, 1.82) is 0 Å². The summed E-state index contributed by atoms with van der Waals surface area (Å²) in [5.74, 6) is 0.211. The third-order valence-electron chi connectivity index (χ3n) is 2.59. The summed E-state index contributed by atoms with van der Waals surface area (Å²) in [4.78, 5) is 16.1. The molecule has 0 saturated heterocycles. The van der Waals surface area contributed by atoms with Gasteiger partial charge >= 0.3 is 0 Å². The molecule has 0 aliphatic rings. The van der Waals surface area contributed by atoms with Gasteiger partial charge in [-0.05, 0) is 25.0 Å². The zero-order valence-corrected chi connectivity index (χ0v) is 13.7. The lowest BCUT2D eigenvalue weighted by Crippen LogP contribution is -2.27. The first-order valence-corrected chi connectivity index (χ1v) is 9.13. The van der Waals surface area contributed by atoms with Crippen LogP contribution in [0.2, 0.25) is 5.02 Å². The lowest BCUT2D eigenvalue weighted by atomic mass is 10.3. The molecule has 6 nitrogen and oxygen atoms in total. The largest absolute Gasteiger partial charge is 0.370 e. The number of sulfone groups is 1. The van der Waals surface area contributed by atoms with E-state index in [1.165, 1.54) is 0 Å². The van der Waals surface area contributed by atoms with Crippen LogP contribution in [0.4, 0.5) is 5.82 Å². The average molecular weight is 334 g/mol. The molecule has 0 aliphatic carbocycles. The second-order valence-electron chi connectivity index (χ2n) is 4.69. The number of nitrogens with one attached hydrogen (secondary N) is 2. The van der Waals surface area contributed by atoms with E-state index >= 15 is 0 Å². The third kappa shape index (κ3) is 6.77. The number of halogens is 1. The Labute approximate surface area is 130 Å². The predicted octanol–water partition coefficient (Wildman–Crippen LogP) is 1.72. The molecule has 0 saturated carbocycles. The number of anilines is 1. The highest BCUT2D eigenvalue weighted by Crippen LogP contribution is 2.16. The van der Waals surface area contributed by atoms with Gasteiger partial charge in [0.05, 0.1) is 10.8 Å². The number of carbonyl (C=O) groups is 1. The number of nitrogens with zero attached hydrogens (tertiary/aromatic N) is 1. The Morgan fingerprint density at radius 3 is 2.67 bits per heavy atom. The maximum absolute atomic E-state index is 12.0. The average Bonchev–Trinajstić information content (AvgIpc) is 2.41. The van der Waals surface area contributed by atoms with Crippen molar-refractivity contribution in [3.05, 3.63) is 22.8 Å². The summed E-state index contributed by atoms with van der Waals surface area (Å²) in [6.45, 7) is 3.04. The molecule has 0 radical (unpaired) electrons. The number of carbonyl (C=O) groups excluding carboxylic acids is 1. The second kappa shape index (κ2) is 8.19. The summed E-state index contributed by atoms with van der Waals surface area (Å²) >= 11 is 5.96. The molecule has 0 aromatic carbocycles. The zero-order chi connectivity index (χ0) is 15.9. The van der Waals surface area contributed by atoms with Crippen LogP contribution in [0, 0.1) is 0 Å². The molecule has 0 aliphatic heterocycles. The van der Waals surface area contributed by atoms with Crippen molar-refractivity contribution in [3.8, 4) is 0 Å². The predicted molar refractivity (Wildman–Crippen MR) is 84.7 cm³/mol. The smallest absolute Gasteiger partial charge is 0.271 e. The quantitative estimate of drug-likeness (QED) is 0.707.